The highest BCUT2D eigenvalue weighted by molar-refractivity contribution is 9.10. The summed E-state index contributed by atoms with van der Waals surface area (Å²) in [5, 5.41) is 4.59. The molecule has 0 N–H and O–H groups in total. The molecule has 3 heterocycles. The van der Waals surface area contributed by atoms with Crippen LogP contribution in [0.3, 0.4) is 0 Å². The maximum Gasteiger partial charge on any atom is 0.293 e. The van der Waals surface area contributed by atoms with Crippen LogP contribution in [0.1, 0.15) is 18.2 Å². The first-order chi connectivity index (χ1) is 11.6. The average molecular weight is 409 g/mol. The van der Waals surface area contributed by atoms with Gasteiger partial charge in [-0.25, -0.2) is 0 Å². The lowest BCUT2D eigenvalue weighted by Crippen LogP contribution is -2.24. The van der Waals surface area contributed by atoms with Crippen molar-refractivity contribution in [3.05, 3.63) is 51.9 Å². The molecule has 1 amide bonds. The lowest BCUT2D eigenvalue weighted by molar-refractivity contribution is -0.117. The molecule has 1 saturated heterocycles. The smallest absolute Gasteiger partial charge is 0.293 e. The highest BCUT2D eigenvalue weighted by Gasteiger charge is 2.34. The molecule has 0 saturated carbocycles. The SMILES string of the molecule is O=C1CC(c2noc(-c3ccc(Br)o3)n2)CN1c1cccc(Cl)c1. The van der Waals surface area contributed by atoms with E-state index in [1.165, 1.54) is 0 Å². The van der Waals surface area contributed by atoms with Crippen molar-refractivity contribution in [2.75, 3.05) is 11.4 Å². The largest absolute Gasteiger partial charge is 0.444 e. The molecule has 24 heavy (non-hydrogen) atoms. The van der Waals surface area contributed by atoms with Crippen LogP contribution >= 0.6 is 27.5 Å². The van der Waals surface area contributed by atoms with Gasteiger partial charge in [-0.1, -0.05) is 22.8 Å². The van der Waals surface area contributed by atoms with E-state index in [2.05, 4.69) is 26.1 Å². The quantitative estimate of drug-likeness (QED) is 0.647. The van der Waals surface area contributed by atoms with Crippen LogP contribution in [0.5, 0.6) is 0 Å². The third kappa shape index (κ3) is 2.85. The van der Waals surface area contributed by atoms with E-state index in [4.69, 9.17) is 20.5 Å². The van der Waals surface area contributed by atoms with Crippen LogP contribution in [0, 0.1) is 0 Å². The Morgan fingerprint density at radius 3 is 2.92 bits per heavy atom. The Labute approximate surface area is 150 Å². The Morgan fingerprint density at radius 2 is 2.17 bits per heavy atom. The Hall–Kier alpha value is -2.12. The van der Waals surface area contributed by atoms with E-state index in [1.807, 2.05) is 12.1 Å². The molecule has 3 aromatic rings. The second-order valence-electron chi connectivity index (χ2n) is 5.45. The fourth-order valence-electron chi connectivity index (χ4n) is 2.70. The first kappa shape index (κ1) is 15.4. The van der Waals surface area contributed by atoms with Gasteiger partial charge >= 0.3 is 0 Å². The molecule has 2 aromatic heterocycles. The number of benzene rings is 1. The molecule has 1 aromatic carbocycles. The van der Waals surface area contributed by atoms with E-state index in [-0.39, 0.29) is 11.8 Å². The Kier molecular flexibility index (Phi) is 3.90. The van der Waals surface area contributed by atoms with Crippen molar-refractivity contribution in [2.24, 2.45) is 0 Å². The Balaban J connectivity index is 1.56. The molecule has 1 atom stereocenters. The number of aromatic nitrogens is 2. The molecular weight excluding hydrogens is 398 g/mol. The summed E-state index contributed by atoms with van der Waals surface area (Å²) in [6.45, 7) is 0.486. The van der Waals surface area contributed by atoms with Gasteiger partial charge in [-0.3, -0.25) is 4.79 Å². The van der Waals surface area contributed by atoms with Crippen molar-refractivity contribution in [1.29, 1.82) is 0 Å². The standard InChI is InChI=1S/C16H11BrClN3O3/c17-13-5-4-12(23-13)16-19-15(20-24-16)9-6-14(22)21(8-9)11-3-1-2-10(18)7-11/h1-5,7,9H,6,8H2. The summed E-state index contributed by atoms with van der Waals surface area (Å²) >= 11 is 9.24. The normalized spacial score (nSPS) is 17.7. The number of rotatable bonds is 3. The molecular formula is C16H11BrClN3O3. The summed E-state index contributed by atoms with van der Waals surface area (Å²) < 4.78 is 11.2. The lowest BCUT2D eigenvalue weighted by Gasteiger charge is -2.16. The van der Waals surface area contributed by atoms with Crippen LogP contribution in [0.4, 0.5) is 5.69 Å². The molecule has 6 nitrogen and oxygen atoms in total. The number of carbonyl (C=O) groups excluding carboxylic acids is 1. The molecule has 122 valence electrons. The number of furan rings is 1. The minimum Gasteiger partial charge on any atom is -0.444 e. The monoisotopic (exact) mass is 407 g/mol. The summed E-state index contributed by atoms with van der Waals surface area (Å²) in [4.78, 5) is 18.4. The number of nitrogens with zero attached hydrogens (tertiary/aromatic N) is 3. The zero-order chi connectivity index (χ0) is 16.7. The molecule has 0 bridgehead atoms. The van der Waals surface area contributed by atoms with Crippen LogP contribution < -0.4 is 4.90 Å². The van der Waals surface area contributed by atoms with Gasteiger partial charge in [0, 0.05) is 29.6 Å². The van der Waals surface area contributed by atoms with Crippen LogP contribution in [-0.2, 0) is 4.79 Å². The van der Waals surface area contributed by atoms with Gasteiger partial charge in [-0.2, -0.15) is 4.98 Å². The second-order valence-corrected chi connectivity index (χ2v) is 6.66. The first-order valence-electron chi connectivity index (χ1n) is 7.25. The minimum absolute atomic E-state index is 0.00867. The van der Waals surface area contributed by atoms with Gasteiger partial charge in [0.1, 0.15) is 0 Å². The van der Waals surface area contributed by atoms with Crippen molar-refractivity contribution >= 4 is 39.1 Å². The minimum atomic E-state index is -0.132. The molecule has 1 unspecified atom stereocenters. The Morgan fingerprint density at radius 1 is 1.29 bits per heavy atom. The maximum atomic E-state index is 12.3. The molecule has 0 radical (unpaired) electrons. The number of anilines is 1. The van der Waals surface area contributed by atoms with E-state index in [0.29, 0.717) is 40.1 Å². The first-order valence-corrected chi connectivity index (χ1v) is 8.42. The van der Waals surface area contributed by atoms with Gasteiger partial charge in [0.05, 0.1) is 0 Å². The number of hydrogen-bond donors (Lipinski definition) is 0. The van der Waals surface area contributed by atoms with Crippen molar-refractivity contribution < 1.29 is 13.7 Å². The molecule has 8 heteroatoms. The van der Waals surface area contributed by atoms with Crippen LogP contribution in [0.15, 0.2) is 50.0 Å². The number of carbonyl (C=O) groups is 1. The fraction of sp³-hybridized carbons (Fsp3) is 0.188. The van der Waals surface area contributed by atoms with E-state index in [1.54, 1.807) is 29.2 Å². The number of amides is 1. The molecule has 1 fully saturated rings. The predicted octanol–water partition coefficient (Wildman–Crippen LogP) is 4.27. The number of halogens is 2. The third-order valence-electron chi connectivity index (χ3n) is 3.84. The zero-order valence-corrected chi connectivity index (χ0v) is 14.6. The highest BCUT2D eigenvalue weighted by Crippen LogP contribution is 2.32. The van der Waals surface area contributed by atoms with Crippen LogP contribution in [-0.4, -0.2) is 22.6 Å². The number of hydrogen-bond acceptors (Lipinski definition) is 5. The Bertz CT molecular complexity index is 907. The summed E-state index contributed by atoms with van der Waals surface area (Å²) in [7, 11) is 0. The van der Waals surface area contributed by atoms with Crippen molar-refractivity contribution in [1.82, 2.24) is 10.1 Å². The van der Waals surface area contributed by atoms with Gasteiger partial charge in [-0.15, -0.1) is 0 Å². The van der Waals surface area contributed by atoms with Crippen molar-refractivity contribution in [3.63, 3.8) is 0 Å². The summed E-state index contributed by atoms with van der Waals surface area (Å²) in [5.74, 6) is 1.15. The molecule has 1 aliphatic rings. The molecule has 0 spiro atoms. The van der Waals surface area contributed by atoms with Gasteiger partial charge in [0.15, 0.2) is 16.3 Å². The van der Waals surface area contributed by atoms with Crippen molar-refractivity contribution in [3.8, 4) is 11.7 Å². The van der Waals surface area contributed by atoms with E-state index < -0.39 is 0 Å². The highest BCUT2D eigenvalue weighted by atomic mass is 79.9. The van der Waals surface area contributed by atoms with Crippen LogP contribution in [0.2, 0.25) is 5.02 Å². The van der Waals surface area contributed by atoms with Gasteiger partial charge in [0.2, 0.25) is 5.91 Å². The second kappa shape index (κ2) is 6.07. The fourth-order valence-corrected chi connectivity index (χ4v) is 3.20. The van der Waals surface area contributed by atoms with Gasteiger partial charge < -0.3 is 13.8 Å². The lowest BCUT2D eigenvalue weighted by atomic mass is 10.1. The van der Waals surface area contributed by atoms with Gasteiger partial charge in [-0.05, 0) is 46.3 Å². The summed E-state index contributed by atoms with van der Waals surface area (Å²) in [5.41, 5.74) is 0.772. The van der Waals surface area contributed by atoms with Crippen molar-refractivity contribution in [2.45, 2.75) is 12.3 Å². The maximum absolute atomic E-state index is 12.3. The van der Waals surface area contributed by atoms with E-state index in [0.717, 1.165) is 5.69 Å². The molecule has 1 aliphatic heterocycles. The average Bonchev–Trinajstić information content (AvgIpc) is 3.26. The van der Waals surface area contributed by atoms with Crippen LogP contribution in [0.25, 0.3) is 11.7 Å². The molecule has 4 rings (SSSR count). The predicted molar refractivity (Wildman–Crippen MR) is 90.9 cm³/mol. The third-order valence-corrected chi connectivity index (χ3v) is 4.50. The van der Waals surface area contributed by atoms with E-state index in [9.17, 15) is 4.79 Å². The zero-order valence-electron chi connectivity index (χ0n) is 12.3. The molecule has 0 aliphatic carbocycles. The summed E-state index contributed by atoms with van der Waals surface area (Å²) in [6, 6.07) is 10.7. The van der Waals surface area contributed by atoms with Gasteiger partial charge in [0.25, 0.3) is 5.89 Å². The van der Waals surface area contributed by atoms with E-state index >= 15 is 0 Å². The topological polar surface area (TPSA) is 72.4 Å². The summed E-state index contributed by atoms with van der Waals surface area (Å²) in [6.07, 6.45) is 0.327.